The first-order chi connectivity index (χ1) is 8.27. The van der Waals surface area contributed by atoms with E-state index < -0.39 is 0 Å². The summed E-state index contributed by atoms with van der Waals surface area (Å²) >= 11 is 5.87. The third-order valence-corrected chi connectivity index (χ3v) is 2.44. The predicted octanol–water partition coefficient (Wildman–Crippen LogP) is 0.756. The minimum Gasteiger partial charge on any atom is -0.350 e. The molecule has 1 amide bonds. The highest BCUT2D eigenvalue weighted by Gasteiger charge is 2.09. The molecule has 0 radical (unpaired) electrons. The topological polar surface area (TPSA) is 72.7 Å². The van der Waals surface area contributed by atoms with Crippen molar-refractivity contribution in [3.63, 3.8) is 0 Å². The number of amides is 1. The summed E-state index contributed by atoms with van der Waals surface area (Å²) in [5.74, 6) is -0.247. The van der Waals surface area contributed by atoms with Crippen LogP contribution in [0.4, 0.5) is 0 Å². The molecule has 0 aliphatic heterocycles. The molecule has 6 nitrogen and oxygen atoms in total. The molecule has 88 valence electrons. The van der Waals surface area contributed by atoms with Gasteiger partial charge in [0.1, 0.15) is 0 Å². The highest BCUT2D eigenvalue weighted by molar-refractivity contribution is 6.33. The molecule has 0 saturated heterocycles. The van der Waals surface area contributed by atoms with Crippen LogP contribution in [0.2, 0.25) is 5.02 Å². The number of nitrogens with one attached hydrogen (secondary N) is 1. The Balaban J connectivity index is 1.88. The van der Waals surface area contributed by atoms with Crippen LogP contribution in [-0.4, -0.2) is 32.4 Å². The first-order valence-electron chi connectivity index (χ1n) is 4.99. The summed E-state index contributed by atoms with van der Waals surface area (Å²) in [7, 11) is 0. The second-order valence-electron chi connectivity index (χ2n) is 3.28. The number of pyridine rings is 1. The molecule has 7 heteroatoms. The van der Waals surface area contributed by atoms with E-state index in [9.17, 15) is 4.79 Å². The molecule has 0 aromatic carbocycles. The highest BCUT2D eigenvalue weighted by atomic mass is 35.5. The fourth-order valence-corrected chi connectivity index (χ4v) is 1.47. The summed E-state index contributed by atoms with van der Waals surface area (Å²) in [5, 5.41) is 10.6. The molecule has 0 bridgehead atoms. The molecule has 2 aromatic rings. The minimum atomic E-state index is -0.247. The average Bonchev–Trinajstić information content (AvgIpc) is 2.82. The Kier molecular flexibility index (Phi) is 3.66. The van der Waals surface area contributed by atoms with Gasteiger partial charge in [0, 0.05) is 25.1 Å². The van der Waals surface area contributed by atoms with Crippen molar-refractivity contribution in [2.24, 2.45) is 0 Å². The molecule has 0 fully saturated rings. The number of halogens is 1. The van der Waals surface area contributed by atoms with Gasteiger partial charge in [-0.1, -0.05) is 16.8 Å². The third kappa shape index (κ3) is 3.01. The lowest BCUT2D eigenvalue weighted by molar-refractivity contribution is 0.0951. The second kappa shape index (κ2) is 5.40. The van der Waals surface area contributed by atoms with Crippen molar-refractivity contribution in [3.05, 3.63) is 41.4 Å². The van der Waals surface area contributed by atoms with Crippen LogP contribution in [0.3, 0.4) is 0 Å². The lowest BCUT2D eigenvalue weighted by atomic mass is 10.2. The van der Waals surface area contributed by atoms with Crippen LogP contribution < -0.4 is 5.32 Å². The van der Waals surface area contributed by atoms with Crippen LogP contribution >= 0.6 is 11.6 Å². The number of hydrogen-bond acceptors (Lipinski definition) is 4. The molecule has 0 aliphatic rings. The Morgan fingerprint density at radius 2 is 2.35 bits per heavy atom. The number of carbonyl (C=O) groups is 1. The molecule has 0 atom stereocenters. The van der Waals surface area contributed by atoms with E-state index in [1.807, 2.05) is 0 Å². The van der Waals surface area contributed by atoms with E-state index >= 15 is 0 Å². The fourth-order valence-electron chi connectivity index (χ4n) is 1.28. The number of carbonyl (C=O) groups excluding carboxylic acids is 1. The Labute approximate surface area is 103 Å². The smallest absolute Gasteiger partial charge is 0.254 e. The van der Waals surface area contributed by atoms with Gasteiger partial charge in [-0.05, 0) is 6.07 Å². The highest BCUT2D eigenvalue weighted by Crippen LogP contribution is 2.12. The van der Waals surface area contributed by atoms with Crippen LogP contribution in [0.1, 0.15) is 10.4 Å². The number of aromatic nitrogens is 4. The zero-order valence-electron chi connectivity index (χ0n) is 8.88. The van der Waals surface area contributed by atoms with Crippen LogP contribution in [-0.2, 0) is 6.54 Å². The van der Waals surface area contributed by atoms with Gasteiger partial charge in [0.25, 0.3) is 5.91 Å². The zero-order chi connectivity index (χ0) is 12.1. The van der Waals surface area contributed by atoms with E-state index in [0.717, 1.165) is 0 Å². The van der Waals surface area contributed by atoms with Gasteiger partial charge < -0.3 is 5.32 Å². The Bertz CT molecular complexity index is 499. The first-order valence-corrected chi connectivity index (χ1v) is 5.37. The molecule has 0 unspecified atom stereocenters. The molecule has 0 aliphatic carbocycles. The molecule has 2 aromatic heterocycles. The maximum atomic E-state index is 11.7. The van der Waals surface area contributed by atoms with Gasteiger partial charge in [0.05, 0.1) is 23.3 Å². The summed E-state index contributed by atoms with van der Waals surface area (Å²) in [6.07, 6.45) is 6.28. The summed E-state index contributed by atoms with van der Waals surface area (Å²) in [4.78, 5) is 15.6. The summed E-state index contributed by atoms with van der Waals surface area (Å²) in [6, 6.07) is 1.58. The largest absolute Gasteiger partial charge is 0.350 e. The SMILES string of the molecule is O=C(NCCn1ccnn1)c1cnccc1Cl. The van der Waals surface area contributed by atoms with Crippen molar-refractivity contribution in [1.29, 1.82) is 0 Å². The molecule has 1 N–H and O–H groups in total. The van der Waals surface area contributed by atoms with Crippen molar-refractivity contribution in [2.45, 2.75) is 6.54 Å². The third-order valence-electron chi connectivity index (χ3n) is 2.11. The average molecular weight is 252 g/mol. The summed E-state index contributed by atoms with van der Waals surface area (Å²) in [5.41, 5.74) is 0.368. The monoisotopic (exact) mass is 251 g/mol. The van der Waals surface area contributed by atoms with E-state index in [2.05, 4.69) is 20.6 Å². The zero-order valence-corrected chi connectivity index (χ0v) is 9.63. The van der Waals surface area contributed by atoms with E-state index in [1.165, 1.54) is 12.4 Å². The van der Waals surface area contributed by atoms with Crippen LogP contribution in [0.15, 0.2) is 30.9 Å². The molecule has 0 spiro atoms. The Hall–Kier alpha value is -1.95. The molecule has 0 saturated carbocycles. The normalized spacial score (nSPS) is 10.2. The van der Waals surface area contributed by atoms with Crippen LogP contribution in [0.5, 0.6) is 0 Å². The van der Waals surface area contributed by atoms with Crippen molar-refractivity contribution in [2.75, 3.05) is 6.54 Å². The fraction of sp³-hybridized carbons (Fsp3) is 0.200. The Morgan fingerprint density at radius 3 is 3.06 bits per heavy atom. The predicted molar refractivity (Wildman–Crippen MR) is 61.6 cm³/mol. The van der Waals surface area contributed by atoms with Crippen molar-refractivity contribution in [3.8, 4) is 0 Å². The minimum absolute atomic E-state index is 0.247. The number of hydrogen-bond donors (Lipinski definition) is 1. The van der Waals surface area contributed by atoms with Gasteiger partial charge in [0.15, 0.2) is 0 Å². The van der Waals surface area contributed by atoms with Gasteiger partial charge in [0.2, 0.25) is 0 Å². The van der Waals surface area contributed by atoms with Gasteiger partial charge in [-0.3, -0.25) is 14.5 Å². The van der Waals surface area contributed by atoms with Gasteiger partial charge in [-0.15, -0.1) is 5.10 Å². The second-order valence-corrected chi connectivity index (χ2v) is 3.68. The molecule has 17 heavy (non-hydrogen) atoms. The van der Waals surface area contributed by atoms with E-state index in [1.54, 1.807) is 23.1 Å². The quantitative estimate of drug-likeness (QED) is 0.871. The lowest BCUT2D eigenvalue weighted by Crippen LogP contribution is -2.27. The van der Waals surface area contributed by atoms with Crippen LogP contribution in [0, 0.1) is 0 Å². The molecular weight excluding hydrogens is 242 g/mol. The molecular formula is C10H10ClN5O. The maximum absolute atomic E-state index is 11.7. The number of nitrogens with zero attached hydrogens (tertiary/aromatic N) is 4. The molecule has 2 rings (SSSR count). The number of rotatable bonds is 4. The van der Waals surface area contributed by atoms with Gasteiger partial charge in [-0.2, -0.15) is 0 Å². The summed E-state index contributed by atoms with van der Waals surface area (Å²) < 4.78 is 1.63. The maximum Gasteiger partial charge on any atom is 0.254 e. The van der Waals surface area contributed by atoms with E-state index in [0.29, 0.717) is 23.7 Å². The first kappa shape index (κ1) is 11.5. The standard InChI is InChI=1S/C10H10ClN5O/c11-9-1-2-12-7-8(9)10(17)13-3-5-16-6-4-14-15-16/h1-2,4,6-7H,3,5H2,(H,13,17). The van der Waals surface area contributed by atoms with Crippen molar-refractivity contribution < 1.29 is 4.79 Å². The van der Waals surface area contributed by atoms with Crippen molar-refractivity contribution >= 4 is 17.5 Å². The lowest BCUT2D eigenvalue weighted by Gasteiger charge is -2.05. The van der Waals surface area contributed by atoms with Gasteiger partial charge >= 0.3 is 0 Å². The van der Waals surface area contributed by atoms with Gasteiger partial charge in [-0.25, -0.2) is 0 Å². The van der Waals surface area contributed by atoms with E-state index in [4.69, 9.17) is 11.6 Å². The van der Waals surface area contributed by atoms with Crippen molar-refractivity contribution in [1.82, 2.24) is 25.3 Å². The van der Waals surface area contributed by atoms with E-state index in [-0.39, 0.29) is 5.91 Å². The molecule has 2 heterocycles. The van der Waals surface area contributed by atoms with Crippen LogP contribution in [0.25, 0.3) is 0 Å². The summed E-state index contributed by atoms with van der Waals surface area (Å²) in [6.45, 7) is 1.01. The Morgan fingerprint density at radius 1 is 1.47 bits per heavy atom.